The van der Waals surface area contributed by atoms with E-state index < -0.39 is 0 Å². The van der Waals surface area contributed by atoms with Crippen LogP contribution < -0.4 is 15.4 Å². The molecule has 1 heterocycles. The molecule has 1 aromatic carbocycles. The lowest BCUT2D eigenvalue weighted by Crippen LogP contribution is -2.47. The van der Waals surface area contributed by atoms with Gasteiger partial charge in [-0.1, -0.05) is 6.07 Å². The summed E-state index contributed by atoms with van der Waals surface area (Å²) in [5.41, 5.74) is 0.581. The van der Waals surface area contributed by atoms with E-state index in [1.54, 1.807) is 32.4 Å². The Balaban J connectivity index is 1.75. The topological polar surface area (TPSA) is 84.4 Å². The number of benzene rings is 1. The van der Waals surface area contributed by atoms with E-state index >= 15 is 0 Å². The van der Waals surface area contributed by atoms with E-state index in [9.17, 15) is 4.79 Å². The molecule has 168 valence electrons. The first kappa shape index (κ1) is 24.0. The van der Waals surface area contributed by atoms with Crippen LogP contribution in [0.25, 0.3) is 0 Å². The lowest BCUT2D eigenvalue weighted by atomic mass is 10.1. The Labute approximate surface area is 180 Å². The van der Waals surface area contributed by atoms with Crippen LogP contribution in [0.15, 0.2) is 29.3 Å². The quantitative estimate of drug-likeness (QED) is 0.323. The Morgan fingerprint density at radius 2 is 2.00 bits per heavy atom. The maximum Gasteiger partial charge on any atom is 0.251 e. The van der Waals surface area contributed by atoms with E-state index in [1.165, 1.54) is 0 Å². The number of nitrogens with one attached hydrogen (secondary N) is 2. The monoisotopic (exact) mass is 420 g/mol. The van der Waals surface area contributed by atoms with Gasteiger partial charge >= 0.3 is 0 Å². The number of likely N-dealkylation sites (tertiary alicyclic amines) is 1. The van der Waals surface area contributed by atoms with Crippen LogP contribution in [0.4, 0.5) is 0 Å². The molecule has 0 radical (unpaired) electrons. The Hall–Kier alpha value is -2.32. The van der Waals surface area contributed by atoms with Crippen molar-refractivity contribution in [3.63, 3.8) is 0 Å². The van der Waals surface area contributed by atoms with Crippen molar-refractivity contribution >= 4 is 11.9 Å². The van der Waals surface area contributed by atoms with Gasteiger partial charge in [0.25, 0.3) is 5.91 Å². The molecule has 2 rings (SSSR count). The van der Waals surface area contributed by atoms with Gasteiger partial charge in [0.2, 0.25) is 0 Å². The summed E-state index contributed by atoms with van der Waals surface area (Å²) in [6, 6.07) is 7.12. The van der Waals surface area contributed by atoms with Crippen LogP contribution in [0.2, 0.25) is 0 Å². The van der Waals surface area contributed by atoms with Crippen molar-refractivity contribution in [2.24, 2.45) is 4.99 Å². The standard InChI is InChI=1S/C22H36N4O4/c1-4-23-22(26-13-9-19(10-14-26)30-16-6-15-28-2)25-12-11-24-21(27)18-7-5-8-20(17-18)29-3/h5,7-8,17,19H,4,6,9-16H2,1-3H3,(H,23,25)(H,24,27). The molecule has 30 heavy (non-hydrogen) atoms. The normalized spacial score (nSPS) is 15.2. The van der Waals surface area contributed by atoms with Crippen LogP contribution in [0.1, 0.15) is 36.5 Å². The highest BCUT2D eigenvalue weighted by molar-refractivity contribution is 5.94. The summed E-state index contributed by atoms with van der Waals surface area (Å²) in [6.45, 7) is 7.18. The van der Waals surface area contributed by atoms with Crippen LogP contribution in [0, 0.1) is 0 Å². The van der Waals surface area contributed by atoms with E-state index in [0.717, 1.165) is 58.1 Å². The fraction of sp³-hybridized carbons (Fsp3) is 0.636. The van der Waals surface area contributed by atoms with Gasteiger partial charge in [0.15, 0.2) is 5.96 Å². The minimum atomic E-state index is -0.125. The highest BCUT2D eigenvalue weighted by Crippen LogP contribution is 2.14. The van der Waals surface area contributed by atoms with Crippen LogP contribution in [0.3, 0.4) is 0 Å². The van der Waals surface area contributed by atoms with Crippen LogP contribution in [-0.4, -0.2) is 83.0 Å². The minimum Gasteiger partial charge on any atom is -0.497 e. The number of hydrogen-bond donors (Lipinski definition) is 2. The Morgan fingerprint density at radius 3 is 2.70 bits per heavy atom. The molecule has 8 heteroatoms. The van der Waals surface area contributed by atoms with Crippen molar-refractivity contribution in [2.45, 2.75) is 32.3 Å². The largest absolute Gasteiger partial charge is 0.497 e. The predicted molar refractivity (Wildman–Crippen MR) is 118 cm³/mol. The summed E-state index contributed by atoms with van der Waals surface area (Å²) in [6.07, 6.45) is 3.22. The second-order valence-electron chi connectivity index (χ2n) is 7.13. The molecule has 0 bridgehead atoms. The zero-order valence-electron chi connectivity index (χ0n) is 18.5. The Morgan fingerprint density at radius 1 is 1.20 bits per heavy atom. The van der Waals surface area contributed by atoms with Crippen molar-refractivity contribution in [3.05, 3.63) is 29.8 Å². The minimum absolute atomic E-state index is 0.125. The molecule has 1 aliphatic rings. The molecule has 0 saturated carbocycles. The molecular weight excluding hydrogens is 384 g/mol. The second kappa shape index (κ2) is 13.8. The number of aliphatic imine (C=N–C) groups is 1. The molecule has 0 unspecified atom stereocenters. The number of nitrogens with zero attached hydrogens (tertiary/aromatic N) is 2. The average Bonchev–Trinajstić information content (AvgIpc) is 2.79. The number of carbonyl (C=O) groups excluding carboxylic acids is 1. The number of guanidine groups is 1. The fourth-order valence-electron chi connectivity index (χ4n) is 3.31. The third-order valence-corrected chi connectivity index (χ3v) is 4.91. The van der Waals surface area contributed by atoms with Gasteiger partial charge in [-0.25, -0.2) is 0 Å². The third-order valence-electron chi connectivity index (χ3n) is 4.91. The highest BCUT2D eigenvalue weighted by atomic mass is 16.5. The van der Waals surface area contributed by atoms with Gasteiger partial charge in [0.05, 0.1) is 19.8 Å². The third kappa shape index (κ3) is 8.20. The molecule has 1 saturated heterocycles. The van der Waals surface area contributed by atoms with Crippen molar-refractivity contribution in [3.8, 4) is 5.75 Å². The maximum absolute atomic E-state index is 12.3. The van der Waals surface area contributed by atoms with Gasteiger partial charge in [0, 0.05) is 52.1 Å². The molecule has 0 atom stereocenters. The molecule has 1 amide bonds. The van der Waals surface area contributed by atoms with Crippen molar-refractivity contribution in [1.82, 2.24) is 15.5 Å². The van der Waals surface area contributed by atoms with Crippen LogP contribution >= 0.6 is 0 Å². The van der Waals surface area contributed by atoms with Gasteiger partial charge in [-0.2, -0.15) is 0 Å². The fourth-order valence-corrected chi connectivity index (χ4v) is 3.31. The molecule has 1 aromatic rings. The molecule has 2 N–H and O–H groups in total. The second-order valence-corrected chi connectivity index (χ2v) is 7.13. The summed E-state index contributed by atoms with van der Waals surface area (Å²) < 4.78 is 16.2. The molecule has 1 fully saturated rings. The van der Waals surface area contributed by atoms with E-state index in [2.05, 4.69) is 27.4 Å². The summed E-state index contributed by atoms with van der Waals surface area (Å²) in [5, 5.41) is 6.26. The number of hydrogen-bond acceptors (Lipinski definition) is 5. The van der Waals surface area contributed by atoms with E-state index in [0.29, 0.717) is 30.5 Å². The summed E-state index contributed by atoms with van der Waals surface area (Å²) >= 11 is 0. The Kier molecular flexibility index (Phi) is 11.0. The molecule has 0 aliphatic carbocycles. The van der Waals surface area contributed by atoms with Crippen LogP contribution in [0.5, 0.6) is 5.75 Å². The first-order valence-corrected chi connectivity index (χ1v) is 10.7. The summed E-state index contributed by atoms with van der Waals surface area (Å²) in [7, 11) is 3.30. The van der Waals surface area contributed by atoms with Crippen LogP contribution in [-0.2, 0) is 9.47 Å². The first-order valence-electron chi connectivity index (χ1n) is 10.7. The molecule has 0 aromatic heterocycles. The molecule has 0 spiro atoms. The first-order chi connectivity index (χ1) is 14.7. The van der Waals surface area contributed by atoms with Gasteiger partial charge in [-0.3, -0.25) is 9.79 Å². The number of piperidine rings is 1. The van der Waals surface area contributed by atoms with E-state index in [1.807, 2.05) is 6.07 Å². The number of ether oxygens (including phenoxy) is 3. The number of amides is 1. The van der Waals surface area contributed by atoms with Gasteiger partial charge in [-0.15, -0.1) is 0 Å². The Bertz CT molecular complexity index is 660. The zero-order chi connectivity index (χ0) is 21.6. The molecular formula is C22H36N4O4. The van der Waals surface area contributed by atoms with E-state index in [-0.39, 0.29) is 5.91 Å². The lowest BCUT2D eigenvalue weighted by molar-refractivity contribution is 0.00990. The lowest BCUT2D eigenvalue weighted by Gasteiger charge is -2.34. The summed E-state index contributed by atoms with van der Waals surface area (Å²) in [5.74, 6) is 1.44. The smallest absolute Gasteiger partial charge is 0.251 e. The van der Waals surface area contributed by atoms with E-state index in [4.69, 9.17) is 14.2 Å². The number of rotatable bonds is 11. The molecule has 8 nitrogen and oxygen atoms in total. The number of methoxy groups -OCH3 is 2. The van der Waals surface area contributed by atoms with Crippen molar-refractivity contribution < 1.29 is 19.0 Å². The van der Waals surface area contributed by atoms with Crippen molar-refractivity contribution in [2.75, 3.05) is 60.2 Å². The summed E-state index contributed by atoms with van der Waals surface area (Å²) in [4.78, 5) is 19.2. The maximum atomic E-state index is 12.3. The highest BCUT2D eigenvalue weighted by Gasteiger charge is 2.21. The molecule has 1 aliphatic heterocycles. The average molecular weight is 421 g/mol. The van der Waals surface area contributed by atoms with Gasteiger partial charge < -0.3 is 29.7 Å². The predicted octanol–water partition coefficient (Wildman–Crippen LogP) is 1.91. The zero-order valence-corrected chi connectivity index (χ0v) is 18.5. The number of carbonyl (C=O) groups is 1. The van der Waals surface area contributed by atoms with Gasteiger partial charge in [0.1, 0.15) is 5.75 Å². The van der Waals surface area contributed by atoms with Crippen molar-refractivity contribution in [1.29, 1.82) is 0 Å². The van der Waals surface area contributed by atoms with Gasteiger partial charge in [-0.05, 0) is 44.4 Å². The SMILES string of the molecule is CCNC(=NCCNC(=O)c1cccc(OC)c1)N1CCC(OCCCOC)CC1.